The zero-order valence-corrected chi connectivity index (χ0v) is 10.4. The van der Waals surface area contributed by atoms with E-state index in [0.29, 0.717) is 0 Å². The molecule has 0 fully saturated rings. The summed E-state index contributed by atoms with van der Waals surface area (Å²) in [4.78, 5) is 8.72. The predicted octanol–water partition coefficient (Wildman–Crippen LogP) is 1.40. The summed E-state index contributed by atoms with van der Waals surface area (Å²) in [6, 6.07) is 0.0849. The van der Waals surface area contributed by atoms with Gasteiger partial charge in [-0.2, -0.15) is 0 Å². The van der Waals surface area contributed by atoms with Gasteiger partial charge >= 0.3 is 0 Å². The Morgan fingerprint density at radius 3 is 2.56 bits per heavy atom. The Balaban J connectivity index is 1.90. The number of dihydropyridines is 1. The lowest BCUT2D eigenvalue weighted by Gasteiger charge is -2.21. The average Bonchev–Trinajstić information content (AvgIpc) is 2.98. The van der Waals surface area contributed by atoms with E-state index in [0.717, 1.165) is 17.3 Å². The van der Waals surface area contributed by atoms with E-state index >= 15 is 0 Å². The van der Waals surface area contributed by atoms with Crippen LogP contribution in [0.5, 0.6) is 0 Å². The summed E-state index contributed by atoms with van der Waals surface area (Å²) in [5.41, 5.74) is 1.01. The molecular weight excluding hydrogens is 226 g/mol. The van der Waals surface area contributed by atoms with Crippen LogP contribution in [-0.4, -0.2) is 19.1 Å². The highest BCUT2D eigenvalue weighted by molar-refractivity contribution is 5.62. The molecule has 0 radical (unpaired) electrons. The fraction of sp³-hybridized carbons (Fsp3) is 0.231. The van der Waals surface area contributed by atoms with Gasteiger partial charge in [-0.05, 0) is 6.08 Å². The Kier molecular flexibility index (Phi) is 2.51. The van der Waals surface area contributed by atoms with Crippen LogP contribution in [0.4, 0.5) is 0 Å². The minimum absolute atomic E-state index is 0.0849. The summed E-state index contributed by atoms with van der Waals surface area (Å²) < 4.78 is 4.01. The zero-order valence-electron chi connectivity index (χ0n) is 10.4. The van der Waals surface area contributed by atoms with Gasteiger partial charge < -0.3 is 14.5 Å². The van der Waals surface area contributed by atoms with Crippen LogP contribution in [0.3, 0.4) is 0 Å². The maximum Gasteiger partial charge on any atom is 0.155 e. The smallest absolute Gasteiger partial charge is 0.155 e. The lowest BCUT2D eigenvalue weighted by Crippen LogP contribution is -2.24. The third kappa shape index (κ3) is 1.73. The summed E-state index contributed by atoms with van der Waals surface area (Å²) >= 11 is 0. The molecule has 1 aliphatic heterocycles. The van der Waals surface area contributed by atoms with Gasteiger partial charge in [0.05, 0.1) is 5.70 Å². The van der Waals surface area contributed by atoms with Crippen molar-refractivity contribution in [2.24, 2.45) is 14.1 Å². The first kappa shape index (κ1) is 10.8. The molecular formula is C13H15N5. The monoisotopic (exact) mass is 241 g/mol. The Morgan fingerprint density at radius 2 is 1.89 bits per heavy atom. The first-order valence-corrected chi connectivity index (χ1v) is 5.85. The number of imidazole rings is 2. The number of hydrogen-bond acceptors (Lipinski definition) is 3. The van der Waals surface area contributed by atoms with Gasteiger partial charge in [0, 0.05) is 38.9 Å². The molecule has 0 spiro atoms. The quantitative estimate of drug-likeness (QED) is 0.864. The molecule has 0 amide bonds. The SMILES string of the molecule is Cn1ccnc1C1=CC=CC(c2nccn2C)N1. The highest BCUT2D eigenvalue weighted by atomic mass is 15.1. The molecule has 0 aliphatic carbocycles. The second-order valence-electron chi connectivity index (χ2n) is 4.35. The lowest BCUT2D eigenvalue weighted by atomic mass is 10.1. The summed E-state index contributed by atoms with van der Waals surface area (Å²) in [7, 11) is 3.98. The standard InChI is InChI=1S/C13H15N5/c1-17-8-6-14-12(17)10-4-3-5-11(16-10)13-15-7-9-18(13)2/h3-10,16H,1-2H3. The molecule has 3 heterocycles. The van der Waals surface area contributed by atoms with E-state index < -0.39 is 0 Å². The highest BCUT2D eigenvalue weighted by Crippen LogP contribution is 2.21. The van der Waals surface area contributed by atoms with Gasteiger partial charge in [-0.1, -0.05) is 12.2 Å². The summed E-state index contributed by atoms with van der Waals surface area (Å²) in [6.45, 7) is 0. The van der Waals surface area contributed by atoms with Gasteiger partial charge in [0.1, 0.15) is 11.9 Å². The fourth-order valence-electron chi connectivity index (χ4n) is 2.12. The Bertz CT molecular complexity index is 617. The maximum absolute atomic E-state index is 4.37. The molecule has 5 heteroatoms. The van der Waals surface area contributed by atoms with Crippen molar-refractivity contribution in [1.82, 2.24) is 24.4 Å². The van der Waals surface area contributed by atoms with Crippen LogP contribution in [0, 0.1) is 0 Å². The molecule has 0 saturated heterocycles. The van der Waals surface area contributed by atoms with Crippen molar-refractivity contribution >= 4 is 5.70 Å². The molecule has 1 N–H and O–H groups in total. The molecule has 2 aromatic rings. The first-order valence-electron chi connectivity index (χ1n) is 5.85. The van der Waals surface area contributed by atoms with Crippen molar-refractivity contribution in [3.63, 3.8) is 0 Å². The largest absolute Gasteiger partial charge is 0.369 e. The molecule has 2 aromatic heterocycles. The van der Waals surface area contributed by atoms with Crippen molar-refractivity contribution in [2.45, 2.75) is 6.04 Å². The average molecular weight is 241 g/mol. The number of nitrogens with one attached hydrogen (secondary N) is 1. The van der Waals surface area contributed by atoms with Crippen LogP contribution in [0.2, 0.25) is 0 Å². The molecule has 1 aliphatic rings. The van der Waals surface area contributed by atoms with Crippen LogP contribution in [0.1, 0.15) is 17.7 Å². The molecule has 0 aromatic carbocycles. The van der Waals surface area contributed by atoms with E-state index in [4.69, 9.17) is 0 Å². The number of allylic oxidation sites excluding steroid dienone is 2. The molecule has 1 atom stereocenters. The van der Waals surface area contributed by atoms with Gasteiger partial charge in [-0.25, -0.2) is 9.97 Å². The second-order valence-corrected chi connectivity index (χ2v) is 4.35. The van der Waals surface area contributed by atoms with E-state index in [1.807, 2.05) is 54.0 Å². The second kappa shape index (κ2) is 4.18. The van der Waals surface area contributed by atoms with Crippen molar-refractivity contribution < 1.29 is 0 Å². The van der Waals surface area contributed by atoms with Gasteiger partial charge in [0.15, 0.2) is 5.82 Å². The van der Waals surface area contributed by atoms with Crippen LogP contribution in [-0.2, 0) is 14.1 Å². The zero-order chi connectivity index (χ0) is 12.5. The summed E-state index contributed by atoms with van der Waals surface area (Å²) in [5, 5.41) is 3.45. The Labute approximate surface area is 105 Å². The van der Waals surface area contributed by atoms with Crippen LogP contribution >= 0.6 is 0 Å². The van der Waals surface area contributed by atoms with Crippen molar-refractivity contribution in [3.05, 3.63) is 54.7 Å². The Hall–Kier alpha value is -2.30. The third-order valence-electron chi connectivity index (χ3n) is 3.08. The normalized spacial score (nSPS) is 18.6. The minimum Gasteiger partial charge on any atom is -0.369 e. The van der Waals surface area contributed by atoms with E-state index in [9.17, 15) is 0 Å². The molecule has 18 heavy (non-hydrogen) atoms. The molecule has 0 bridgehead atoms. The van der Waals surface area contributed by atoms with Crippen molar-refractivity contribution in [3.8, 4) is 0 Å². The van der Waals surface area contributed by atoms with E-state index in [2.05, 4.69) is 21.4 Å². The van der Waals surface area contributed by atoms with Gasteiger partial charge in [-0.3, -0.25) is 0 Å². The van der Waals surface area contributed by atoms with Crippen LogP contribution in [0.25, 0.3) is 5.70 Å². The third-order valence-corrected chi connectivity index (χ3v) is 3.08. The molecule has 3 rings (SSSR count). The van der Waals surface area contributed by atoms with E-state index in [-0.39, 0.29) is 6.04 Å². The van der Waals surface area contributed by atoms with Crippen molar-refractivity contribution in [2.75, 3.05) is 0 Å². The van der Waals surface area contributed by atoms with Crippen LogP contribution < -0.4 is 5.32 Å². The maximum atomic E-state index is 4.37. The number of nitrogens with zero attached hydrogens (tertiary/aromatic N) is 4. The Morgan fingerprint density at radius 1 is 1.11 bits per heavy atom. The first-order chi connectivity index (χ1) is 8.75. The lowest BCUT2D eigenvalue weighted by molar-refractivity contribution is 0.657. The predicted molar refractivity (Wildman–Crippen MR) is 69.4 cm³/mol. The number of aryl methyl sites for hydroxylation is 2. The summed E-state index contributed by atoms with van der Waals surface area (Å²) in [5.74, 6) is 1.92. The molecule has 5 nitrogen and oxygen atoms in total. The number of rotatable bonds is 2. The van der Waals surface area contributed by atoms with Gasteiger partial charge in [0.25, 0.3) is 0 Å². The van der Waals surface area contributed by atoms with Crippen LogP contribution in [0.15, 0.2) is 43.0 Å². The van der Waals surface area contributed by atoms with Gasteiger partial charge in [-0.15, -0.1) is 0 Å². The molecule has 1 unspecified atom stereocenters. The van der Waals surface area contributed by atoms with E-state index in [1.165, 1.54) is 0 Å². The molecule has 92 valence electrons. The topological polar surface area (TPSA) is 47.7 Å². The number of hydrogen-bond donors (Lipinski definition) is 1. The van der Waals surface area contributed by atoms with E-state index in [1.54, 1.807) is 6.20 Å². The minimum atomic E-state index is 0.0849. The van der Waals surface area contributed by atoms with Gasteiger partial charge in [0.2, 0.25) is 0 Å². The fourth-order valence-corrected chi connectivity index (χ4v) is 2.12. The summed E-state index contributed by atoms with van der Waals surface area (Å²) in [6.07, 6.45) is 13.7. The number of aromatic nitrogens is 4. The highest BCUT2D eigenvalue weighted by Gasteiger charge is 2.18. The molecule has 0 saturated carbocycles. The van der Waals surface area contributed by atoms with Crippen molar-refractivity contribution in [1.29, 1.82) is 0 Å².